The number of rotatable bonds is 25. The molecule has 0 bridgehead atoms. The lowest BCUT2D eigenvalue weighted by atomic mass is 10.0. The number of aryl methyl sites for hydroxylation is 1. The van der Waals surface area contributed by atoms with Crippen LogP contribution in [0.15, 0.2) is 11.0 Å². The molecule has 238 valence electrons. The van der Waals surface area contributed by atoms with Crippen LogP contribution in [0.3, 0.4) is 0 Å². The van der Waals surface area contributed by atoms with Crippen LogP contribution in [0.4, 0.5) is 5.82 Å². The Morgan fingerprint density at radius 3 is 2.10 bits per heavy atom. The number of ether oxygens (including phenoxy) is 2. The second-order valence-corrected chi connectivity index (χ2v) is 13.5. The van der Waals surface area contributed by atoms with E-state index < -0.39 is 25.2 Å². The molecule has 1 unspecified atom stereocenters. The van der Waals surface area contributed by atoms with Gasteiger partial charge < -0.3 is 20.1 Å². The minimum absolute atomic E-state index is 0.0281. The van der Waals surface area contributed by atoms with Gasteiger partial charge in [-0.25, -0.2) is 9.36 Å². The van der Waals surface area contributed by atoms with Crippen molar-refractivity contribution in [3.8, 4) is 0 Å². The van der Waals surface area contributed by atoms with Gasteiger partial charge in [-0.1, -0.05) is 103 Å². The van der Waals surface area contributed by atoms with E-state index in [1.165, 1.54) is 106 Å². The van der Waals surface area contributed by atoms with Gasteiger partial charge in [0.25, 0.3) is 0 Å². The summed E-state index contributed by atoms with van der Waals surface area (Å²) >= 11 is 1.38. The van der Waals surface area contributed by atoms with Gasteiger partial charge in [-0.2, -0.15) is 4.98 Å². The number of nitrogen functional groups attached to an aromatic ring is 1. The number of phosphoric acid groups is 1. The maximum absolute atomic E-state index is 12.2. The molecule has 0 radical (unpaired) electrons. The van der Waals surface area contributed by atoms with E-state index in [1.54, 1.807) is 13.1 Å². The second-order valence-electron chi connectivity index (χ2n) is 10.9. The molecule has 0 saturated carbocycles. The average molecular weight is 620 g/mol. The van der Waals surface area contributed by atoms with Crippen LogP contribution < -0.4 is 11.4 Å². The standard InChI is InChI=1S/C29H54N3O7PS/c1-3-4-5-6-7-8-9-10-11-12-13-14-15-16-17-18-19-36-20-21-37-40(34,35)38-23-27-39-26(24-41-27)32-22-25(2)28(30)31-29(32)33/h22,26-27H,3-21,23-24H2,1-2H3,(H,34,35)(H2,30,31,33)/t26-,27+/m1/s1. The van der Waals surface area contributed by atoms with Crippen LogP contribution in [0.25, 0.3) is 0 Å². The number of thioether (sulfide) groups is 1. The molecule has 0 aliphatic carbocycles. The minimum atomic E-state index is -4.23. The Balaban J connectivity index is 1.37. The molecule has 2 rings (SSSR count). The molecule has 2 heterocycles. The highest BCUT2D eigenvalue weighted by atomic mass is 32.2. The first-order valence-electron chi connectivity index (χ1n) is 15.6. The molecule has 0 amide bonds. The summed E-state index contributed by atoms with van der Waals surface area (Å²) in [6.45, 7) is 4.70. The molecule has 3 N–H and O–H groups in total. The molecule has 0 aromatic carbocycles. The summed E-state index contributed by atoms with van der Waals surface area (Å²) in [4.78, 5) is 25.8. The number of phosphoric ester groups is 1. The number of nitrogens with two attached hydrogens (primary N) is 1. The van der Waals surface area contributed by atoms with Crippen molar-refractivity contribution in [3.05, 3.63) is 22.2 Å². The Labute approximate surface area is 251 Å². The van der Waals surface area contributed by atoms with Gasteiger partial charge in [0, 0.05) is 24.1 Å². The van der Waals surface area contributed by atoms with Gasteiger partial charge >= 0.3 is 13.5 Å². The van der Waals surface area contributed by atoms with Crippen LogP contribution in [0.5, 0.6) is 0 Å². The van der Waals surface area contributed by atoms with Gasteiger partial charge in [0.2, 0.25) is 0 Å². The van der Waals surface area contributed by atoms with E-state index >= 15 is 0 Å². The lowest BCUT2D eigenvalue weighted by Crippen LogP contribution is -2.29. The normalized spacial score (nSPS) is 18.6. The molecule has 1 saturated heterocycles. The van der Waals surface area contributed by atoms with E-state index in [0.29, 0.717) is 17.9 Å². The molecule has 1 aromatic heterocycles. The maximum Gasteiger partial charge on any atom is 0.472 e. The SMILES string of the molecule is CCCCCCCCCCCCCCCCCCOCCOP(=O)(O)OC[C@H]1O[C@@H](n2cc(C)c(N)nc2=O)CS1. The highest BCUT2D eigenvalue weighted by molar-refractivity contribution is 8.00. The molecule has 0 spiro atoms. The van der Waals surface area contributed by atoms with Crippen molar-refractivity contribution in [1.82, 2.24) is 9.55 Å². The van der Waals surface area contributed by atoms with Crippen molar-refractivity contribution in [3.63, 3.8) is 0 Å². The second kappa shape index (κ2) is 21.7. The number of aromatic nitrogens is 2. The molecular formula is C29H54N3O7PS. The fourth-order valence-corrected chi connectivity index (χ4v) is 6.51. The smallest absolute Gasteiger partial charge is 0.383 e. The van der Waals surface area contributed by atoms with Crippen LogP contribution in [0, 0.1) is 6.92 Å². The number of nitrogens with zero attached hydrogens (tertiary/aromatic N) is 2. The summed E-state index contributed by atoms with van der Waals surface area (Å²) in [6.07, 6.45) is 22.3. The first-order chi connectivity index (χ1) is 19.8. The lowest BCUT2D eigenvalue weighted by molar-refractivity contribution is -0.00966. The van der Waals surface area contributed by atoms with Crippen molar-refractivity contribution in [1.29, 1.82) is 0 Å². The summed E-state index contributed by atoms with van der Waals surface area (Å²) in [6, 6.07) is 0. The van der Waals surface area contributed by atoms with Crippen molar-refractivity contribution in [2.24, 2.45) is 0 Å². The summed E-state index contributed by atoms with van der Waals surface area (Å²) < 4.78 is 34.9. The van der Waals surface area contributed by atoms with Crippen LogP contribution in [-0.4, -0.2) is 52.1 Å². The highest BCUT2D eigenvalue weighted by Gasteiger charge is 2.31. The van der Waals surface area contributed by atoms with E-state index in [2.05, 4.69) is 11.9 Å². The van der Waals surface area contributed by atoms with E-state index in [1.807, 2.05) is 0 Å². The third-order valence-electron chi connectivity index (χ3n) is 7.22. The van der Waals surface area contributed by atoms with Gasteiger partial charge in [0.05, 0.1) is 19.8 Å². The molecule has 12 heteroatoms. The summed E-state index contributed by atoms with van der Waals surface area (Å²) in [5, 5.41) is 0. The molecular weight excluding hydrogens is 565 g/mol. The molecule has 1 aromatic rings. The lowest BCUT2D eigenvalue weighted by Gasteiger charge is -2.17. The van der Waals surface area contributed by atoms with Crippen molar-refractivity contribution < 1.29 is 28.0 Å². The summed E-state index contributed by atoms with van der Waals surface area (Å²) in [5.41, 5.74) is 5.32. The van der Waals surface area contributed by atoms with Gasteiger partial charge in [-0.3, -0.25) is 13.6 Å². The third kappa shape index (κ3) is 16.5. The highest BCUT2D eigenvalue weighted by Crippen LogP contribution is 2.44. The van der Waals surface area contributed by atoms with Crippen LogP contribution >= 0.6 is 19.6 Å². The third-order valence-corrected chi connectivity index (χ3v) is 9.30. The Kier molecular flexibility index (Phi) is 19.2. The van der Waals surface area contributed by atoms with E-state index in [-0.39, 0.29) is 25.6 Å². The maximum atomic E-state index is 12.2. The fourth-order valence-electron chi connectivity index (χ4n) is 4.72. The van der Waals surface area contributed by atoms with Gasteiger partial charge in [-0.05, 0) is 13.3 Å². The molecule has 1 fully saturated rings. The first-order valence-corrected chi connectivity index (χ1v) is 18.2. The predicted molar refractivity (Wildman–Crippen MR) is 166 cm³/mol. The Bertz CT molecular complexity index is 936. The summed E-state index contributed by atoms with van der Waals surface area (Å²) in [7, 11) is -4.23. The molecule has 1 aliphatic heterocycles. The monoisotopic (exact) mass is 619 g/mol. The first kappa shape index (κ1) is 36.3. The topological polar surface area (TPSA) is 135 Å². The molecule has 1 aliphatic rings. The van der Waals surface area contributed by atoms with Gasteiger partial charge in [0.1, 0.15) is 17.5 Å². The molecule has 10 nitrogen and oxygen atoms in total. The van der Waals surface area contributed by atoms with Gasteiger partial charge in [0.15, 0.2) is 0 Å². The van der Waals surface area contributed by atoms with E-state index in [9.17, 15) is 14.3 Å². The molecule has 41 heavy (non-hydrogen) atoms. The zero-order valence-electron chi connectivity index (χ0n) is 25.3. The number of unbranched alkanes of at least 4 members (excludes halogenated alkanes) is 15. The van der Waals surface area contributed by atoms with Crippen LogP contribution in [0.1, 0.15) is 121 Å². The minimum Gasteiger partial charge on any atom is -0.383 e. The van der Waals surface area contributed by atoms with Crippen molar-refractivity contribution in [2.75, 3.05) is 37.9 Å². The largest absolute Gasteiger partial charge is 0.472 e. The Morgan fingerprint density at radius 2 is 1.51 bits per heavy atom. The Hall–Kier alpha value is -0.940. The van der Waals surface area contributed by atoms with E-state index in [0.717, 1.165) is 12.8 Å². The van der Waals surface area contributed by atoms with Crippen molar-refractivity contribution in [2.45, 2.75) is 128 Å². The fraction of sp³-hybridized carbons (Fsp3) is 0.862. The van der Waals surface area contributed by atoms with Crippen LogP contribution in [-0.2, 0) is 23.1 Å². The quantitative estimate of drug-likeness (QED) is 0.0859. The van der Waals surface area contributed by atoms with Crippen LogP contribution in [0.2, 0.25) is 0 Å². The molecule has 3 atom stereocenters. The predicted octanol–water partition coefficient (Wildman–Crippen LogP) is 7.13. The van der Waals surface area contributed by atoms with E-state index in [4.69, 9.17) is 24.3 Å². The van der Waals surface area contributed by atoms with Crippen molar-refractivity contribution >= 4 is 25.4 Å². The zero-order chi connectivity index (χ0) is 29.8. The number of anilines is 1. The summed E-state index contributed by atoms with van der Waals surface area (Å²) in [5.74, 6) is 0.659. The number of hydrogen-bond acceptors (Lipinski definition) is 9. The average Bonchev–Trinajstić information content (AvgIpc) is 3.42. The van der Waals surface area contributed by atoms with Gasteiger partial charge in [-0.15, -0.1) is 11.8 Å². The Morgan fingerprint density at radius 1 is 0.951 bits per heavy atom. The number of hydrogen-bond donors (Lipinski definition) is 2. The zero-order valence-corrected chi connectivity index (χ0v) is 27.0.